The fraction of sp³-hybridized carbons (Fsp3) is 0.350. The molecule has 1 aliphatic rings. The van der Waals surface area contributed by atoms with Crippen molar-refractivity contribution in [2.75, 3.05) is 30.4 Å². The van der Waals surface area contributed by atoms with Gasteiger partial charge in [-0.05, 0) is 55.2 Å². The Labute approximate surface area is 147 Å². The van der Waals surface area contributed by atoms with Gasteiger partial charge in [0.2, 0.25) is 5.91 Å². The molecule has 0 spiro atoms. The van der Waals surface area contributed by atoms with Gasteiger partial charge in [0.25, 0.3) is 0 Å². The van der Waals surface area contributed by atoms with Crippen molar-refractivity contribution >= 4 is 17.3 Å². The zero-order valence-corrected chi connectivity index (χ0v) is 14.6. The second-order valence-electron chi connectivity index (χ2n) is 6.19. The first-order chi connectivity index (χ1) is 12.1. The standard InChI is InChI=1S/C20H23FN2O2/c1-3-23-11-10-15-6-7-16(13-18(15)23)22-20(24)9-5-14-4-8-19(25-2)17(21)12-14/h4,6-8,12-13H,3,5,9-11H2,1-2H3,(H,22,24). The molecular weight excluding hydrogens is 319 g/mol. The highest BCUT2D eigenvalue weighted by Crippen LogP contribution is 2.30. The number of benzene rings is 2. The van der Waals surface area contributed by atoms with Gasteiger partial charge < -0.3 is 15.0 Å². The Kier molecular flexibility index (Phi) is 5.22. The fourth-order valence-electron chi connectivity index (χ4n) is 3.20. The van der Waals surface area contributed by atoms with Gasteiger partial charge in [-0.25, -0.2) is 4.39 Å². The number of ether oxygens (including phenoxy) is 1. The van der Waals surface area contributed by atoms with Crippen molar-refractivity contribution in [1.29, 1.82) is 0 Å². The van der Waals surface area contributed by atoms with E-state index in [0.29, 0.717) is 12.8 Å². The van der Waals surface area contributed by atoms with E-state index < -0.39 is 5.82 Å². The van der Waals surface area contributed by atoms with Crippen molar-refractivity contribution in [2.45, 2.75) is 26.2 Å². The van der Waals surface area contributed by atoms with Gasteiger partial charge in [-0.1, -0.05) is 12.1 Å². The lowest BCUT2D eigenvalue weighted by molar-refractivity contribution is -0.116. The number of aryl methyl sites for hydroxylation is 1. The van der Waals surface area contributed by atoms with Crippen LogP contribution in [-0.4, -0.2) is 26.1 Å². The summed E-state index contributed by atoms with van der Waals surface area (Å²) in [6.45, 7) is 4.13. The van der Waals surface area contributed by atoms with E-state index in [1.807, 2.05) is 12.1 Å². The Morgan fingerprint density at radius 3 is 2.84 bits per heavy atom. The fourth-order valence-corrected chi connectivity index (χ4v) is 3.20. The third-order valence-corrected chi connectivity index (χ3v) is 4.60. The summed E-state index contributed by atoms with van der Waals surface area (Å²) in [6.07, 6.45) is 1.85. The maximum atomic E-state index is 13.7. The molecule has 0 bridgehead atoms. The summed E-state index contributed by atoms with van der Waals surface area (Å²) in [6, 6.07) is 10.9. The number of fused-ring (bicyclic) bond motifs is 1. The molecule has 2 aromatic rings. The molecule has 25 heavy (non-hydrogen) atoms. The minimum Gasteiger partial charge on any atom is -0.494 e. The van der Waals surface area contributed by atoms with E-state index in [1.165, 1.54) is 24.4 Å². The lowest BCUT2D eigenvalue weighted by Crippen LogP contribution is -2.19. The number of rotatable bonds is 6. The molecule has 1 heterocycles. The molecule has 0 atom stereocenters. The van der Waals surface area contributed by atoms with E-state index in [1.54, 1.807) is 12.1 Å². The molecule has 1 N–H and O–H groups in total. The summed E-state index contributed by atoms with van der Waals surface area (Å²) in [5.41, 5.74) is 4.12. The molecule has 0 unspecified atom stereocenters. The minimum atomic E-state index is -0.404. The molecule has 4 nitrogen and oxygen atoms in total. The number of halogens is 1. The number of nitrogens with one attached hydrogen (secondary N) is 1. The zero-order chi connectivity index (χ0) is 17.8. The van der Waals surface area contributed by atoms with Crippen LogP contribution in [0.5, 0.6) is 5.75 Å². The third-order valence-electron chi connectivity index (χ3n) is 4.60. The molecule has 0 radical (unpaired) electrons. The number of hydrogen-bond acceptors (Lipinski definition) is 3. The highest BCUT2D eigenvalue weighted by Gasteiger charge is 2.18. The Hall–Kier alpha value is -2.56. The van der Waals surface area contributed by atoms with E-state index >= 15 is 0 Å². The second-order valence-corrected chi connectivity index (χ2v) is 6.19. The van der Waals surface area contributed by atoms with Crippen molar-refractivity contribution in [2.24, 2.45) is 0 Å². The van der Waals surface area contributed by atoms with Crippen LogP contribution in [0.4, 0.5) is 15.8 Å². The number of anilines is 2. The van der Waals surface area contributed by atoms with Crippen molar-refractivity contribution in [1.82, 2.24) is 0 Å². The van der Waals surface area contributed by atoms with Crippen molar-refractivity contribution in [3.8, 4) is 5.75 Å². The van der Waals surface area contributed by atoms with Crippen LogP contribution < -0.4 is 15.0 Å². The number of carbonyl (C=O) groups is 1. The predicted octanol–water partition coefficient (Wildman–Crippen LogP) is 3.79. The molecule has 0 aliphatic carbocycles. The highest BCUT2D eigenvalue weighted by molar-refractivity contribution is 5.91. The number of hydrogen-bond donors (Lipinski definition) is 1. The zero-order valence-electron chi connectivity index (χ0n) is 14.6. The van der Waals surface area contributed by atoms with Crippen LogP contribution in [0.25, 0.3) is 0 Å². The van der Waals surface area contributed by atoms with Crippen LogP contribution >= 0.6 is 0 Å². The molecule has 5 heteroatoms. The molecule has 0 saturated heterocycles. The molecule has 1 amide bonds. The van der Waals surface area contributed by atoms with Gasteiger partial charge in [-0.3, -0.25) is 4.79 Å². The van der Waals surface area contributed by atoms with Crippen LogP contribution in [0.15, 0.2) is 36.4 Å². The quantitative estimate of drug-likeness (QED) is 0.868. The highest BCUT2D eigenvalue weighted by atomic mass is 19.1. The van der Waals surface area contributed by atoms with Crippen molar-refractivity contribution in [3.63, 3.8) is 0 Å². The summed E-state index contributed by atoms with van der Waals surface area (Å²) in [4.78, 5) is 14.5. The second kappa shape index (κ2) is 7.55. The van der Waals surface area contributed by atoms with Gasteiger partial charge in [0.05, 0.1) is 7.11 Å². The van der Waals surface area contributed by atoms with Gasteiger partial charge in [0, 0.05) is 30.9 Å². The first-order valence-electron chi connectivity index (χ1n) is 8.61. The third kappa shape index (κ3) is 3.92. The smallest absolute Gasteiger partial charge is 0.224 e. The molecule has 1 aliphatic heterocycles. The van der Waals surface area contributed by atoms with Crippen LogP contribution in [0.1, 0.15) is 24.5 Å². The SMILES string of the molecule is CCN1CCc2ccc(NC(=O)CCc3ccc(OC)c(F)c3)cc21. The van der Waals surface area contributed by atoms with E-state index in [2.05, 4.69) is 23.2 Å². The van der Waals surface area contributed by atoms with Gasteiger partial charge in [-0.15, -0.1) is 0 Å². The van der Waals surface area contributed by atoms with Crippen LogP contribution in [0, 0.1) is 5.82 Å². The summed E-state index contributed by atoms with van der Waals surface area (Å²) < 4.78 is 18.6. The van der Waals surface area contributed by atoms with Crippen LogP contribution in [0.3, 0.4) is 0 Å². The normalized spacial score (nSPS) is 12.8. The molecule has 0 aromatic heterocycles. The lowest BCUT2D eigenvalue weighted by atomic mass is 10.1. The number of nitrogens with zero attached hydrogens (tertiary/aromatic N) is 1. The number of amides is 1. The topological polar surface area (TPSA) is 41.6 Å². The van der Waals surface area contributed by atoms with Gasteiger partial charge in [0.15, 0.2) is 11.6 Å². The van der Waals surface area contributed by atoms with E-state index in [4.69, 9.17) is 4.74 Å². The van der Waals surface area contributed by atoms with E-state index in [0.717, 1.165) is 30.8 Å². The molecule has 132 valence electrons. The van der Waals surface area contributed by atoms with Crippen molar-refractivity contribution in [3.05, 3.63) is 53.3 Å². The first kappa shape index (κ1) is 17.3. The average Bonchev–Trinajstić information content (AvgIpc) is 3.02. The Morgan fingerprint density at radius 1 is 1.28 bits per heavy atom. The van der Waals surface area contributed by atoms with E-state index in [-0.39, 0.29) is 11.7 Å². The number of carbonyl (C=O) groups excluding carboxylic acids is 1. The monoisotopic (exact) mass is 342 g/mol. The van der Waals surface area contributed by atoms with Gasteiger partial charge >= 0.3 is 0 Å². The lowest BCUT2D eigenvalue weighted by Gasteiger charge is -2.17. The summed E-state index contributed by atoms with van der Waals surface area (Å²) in [7, 11) is 1.43. The summed E-state index contributed by atoms with van der Waals surface area (Å²) >= 11 is 0. The summed E-state index contributed by atoms with van der Waals surface area (Å²) in [5.74, 6) is -0.261. The average molecular weight is 342 g/mol. The Bertz CT molecular complexity index is 776. The molecule has 0 saturated carbocycles. The predicted molar refractivity (Wildman–Crippen MR) is 97.9 cm³/mol. The van der Waals surface area contributed by atoms with Crippen LogP contribution in [0.2, 0.25) is 0 Å². The molecular formula is C20H23FN2O2. The van der Waals surface area contributed by atoms with Crippen molar-refractivity contribution < 1.29 is 13.9 Å². The molecule has 0 fully saturated rings. The Balaban J connectivity index is 1.59. The molecule has 3 rings (SSSR count). The first-order valence-corrected chi connectivity index (χ1v) is 8.61. The molecule has 2 aromatic carbocycles. The number of likely N-dealkylation sites (N-methyl/N-ethyl adjacent to an activating group) is 1. The minimum absolute atomic E-state index is 0.0720. The van der Waals surface area contributed by atoms with E-state index in [9.17, 15) is 9.18 Å². The van der Waals surface area contributed by atoms with Crippen LogP contribution in [-0.2, 0) is 17.6 Å². The van der Waals surface area contributed by atoms with Gasteiger partial charge in [0.1, 0.15) is 0 Å². The maximum Gasteiger partial charge on any atom is 0.224 e. The largest absolute Gasteiger partial charge is 0.494 e. The maximum absolute atomic E-state index is 13.7. The van der Waals surface area contributed by atoms with Gasteiger partial charge in [-0.2, -0.15) is 0 Å². The Morgan fingerprint density at radius 2 is 2.12 bits per heavy atom. The summed E-state index contributed by atoms with van der Waals surface area (Å²) in [5, 5.41) is 2.94. The number of methoxy groups -OCH3 is 1.